The molecule has 0 aliphatic rings. The van der Waals surface area contributed by atoms with Gasteiger partial charge in [0, 0.05) is 40.0 Å². The molecular weight excluding hydrogens is 455 g/mol. The highest BCUT2D eigenvalue weighted by Gasteiger charge is 2.11. The summed E-state index contributed by atoms with van der Waals surface area (Å²) in [6.45, 7) is 1.90. The van der Waals surface area contributed by atoms with Crippen molar-refractivity contribution in [2.45, 2.75) is 6.92 Å². The summed E-state index contributed by atoms with van der Waals surface area (Å²) in [6, 6.07) is 11.5. The van der Waals surface area contributed by atoms with E-state index in [1.165, 1.54) is 11.3 Å². The molecule has 0 spiro atoms. The van der Waals surface area contributed by atoms with Gasteiger partial charge in [0.25, 0.3) is 5.91 Å². The SMILES string of the molecule is Cc1csc(NC(=O)c2ccc(-c3cnc4ccc(-c5cn[nH]c5)cn34)cc2)n1.Cl.Cl. The van der Waals surface area contributed by atoms with Gasteiger partial charge in [-0.2, -0.15) is 5.10 Å². The highest BCUT2D eigenvalue weighted by atomic mass is 35.5. The van der Waals surface area contributed by atoms with E-state index in [0.717, 1.165) is 33.7 Å². The molecule has 7 nitrogen and oxygen atoms in total. The second-order valence-electron chi connectivity index (χ2n) is 6.60. The Bertz CT molecular complexity index is 1310. The van der Waals surface area contributed by atoms with Gasteiger partial charge in [0.15, 0.2) is 5.13 Å². The maximum atomic E-state index is 12.4. The van der Waals surface area contributed by atoms with Crippen molar-refractivity contribution in [1.82, 2.24) is 24.6 Å². The number of nitrogens with zero attached hydrogens (tertiary/aromatic N) is 4. The fraction of sp³-hybridized carbons (Fsp3) is 0.0476. The maximum absolute atomic E-state index is 12.4. The smallest absolute Gasteiger partial charge is 0.257 e. The quantitative estimate of drug-likeness (QED) is 0.373. The van der Waals surface area contributed by atoms with E-state index in [0.29, 0.717) is 10.7 Å². The Balaban J connectivity index is 0.00000136. The maximum Gasteiger partial charge on any atom is 0.257 e. The van der Waals surface area contributed by atoms with E-state index < -0.39 is 0 Å². The number of hydrogen-bond acceptors (Lipinski definition) is 5. The molecule has 1 amide bonds. The number of aryl methyl sites for hydroxylation is 1. The molecule has 0 bridgehead atoms. The van der Waals surface area contributed by atoms with E-state index in [9.17, 15) is 4.79 Å². The van der Waals surface area contributed by atoms with Crippen LogP contribution in [0.15, 0.2) is 66.6 Å². The number of amides is 1. The molecule has 5 rings (SSSR count). The predicted molar refractivity (Wildman–Crippen MR) is 128 cm³/mol. The summed E-state index contributed by atoms with van der Waals surface area (Å²) in [7, 11) is 0. The molecule has 0 atom stereocenters. The summed E-state index contributed by atoms with van der Waals surface area (Å²) in [5, 5.41) is 12.2. The first-order valence-electron chi connectivity index (χ1n) is 8.97. The molecule has 0 aliphatic heterocycles. The number of H-pyrrole nitrogens is 1. The largest absolute Gasteiger partial charge is 0.299 e. The van der Waals surface area contributed by atoms with E-state index in [1.807, 2.05) is 71.7 Å². The topological polar surface area (TPSA) is 88.0 Å². The molecule has 0 aliphatic carbocycles. The van der Waals surface area contributed by atoms with Crippen LogP contribution in [0.4, 0.5) is 5.13 Å². The minimum atomic E-state index is -0.175. The molecule has 5 aromatic rings. The molecule has 0 saturated heterocycles. The number of pyridine rings is 1. The first kappa shape index (κ1) is 22.5. The normalized spacial score (nSPS) is 10.4. The van der Waals surface area contributed by atoms with E-state index in [4.69, 9.17) is 0 Å². The standard InChI is InChI=1S/C21H16N6OS.2ClH/c1-13-12-29-21(25-13)26-20(28)15-4-2-14(3-5-15)18-10-22-19-7-6-16(11-27(18)19)17-8-23-24-9-17;;/h2-12H,1H3,(H,23,24)(H,25,26,28);2*1H. The third kappa shape index (κ3) is 4.46. The number of fused-ring (bicyclic) bond motifs is 1. The molecule has 31 heavy (non-hydrogen) atoms. The molecule has 4 aromatic heterocycles. The van der Waals surface area contributed by atoms with Crippen LogP contribution >= 0.6 is 36.2 Å². The molecule has 0 saturated carbocycles. The highest BCUT2D eigenvalue weighted by Crippen LogP contribution is 2.25. The van der Waals surface area contributed by atoms with Gasteiger partial charge in [0.2, 0.25) is 0 Å². The number of hydrogen-bond donors (Lipinski definition) is 2. The summed E-state index contributed by atoms with van der Waals surface area (Å²) in [5.41, 5.74) is 6.30. The van der Waals surface area contributed by atoms with E-state index in [1.54, 1.807) is 6.20 Å². The van der Waals surface area contributed by atoms with Crippen LogP contribution in [-0.2, 0) is 0 Å². The number of halogens is 2. The summed E-state index contributed by atoms with van der Waals surface area (Å²) in [6.07, 6.45) is 7.51. The molecule has 10 heteroatoms. The van der Waals surface area contributed by atoms with Crippen LogP contribution in [0.5, 0.6) is 0 Å². The Hall–Kier alpha value is -3.20. The van der Waals surface area contributed by atoms with Crippen LogP contribution in [0, 0.1) is 6.92 Å². The number of benzene rings is 1. The lowest BCUT2D eigenvalue weighted by atomic mass is 10.1. The third-order valence-corrected chi connectivity index (χ3v) is 5.50. The van der Waals surface area contributed by atoms with Crippen LogP contribution in [-0.4, -0.2) is 30.5 Å². The number of carbonyl (C=O) groups excluding carboxylic acids is 1. The number of aromatic nitrogens is 5. The van der Waals surface area contributed by atoms with Crippen molar-refractivity contribution in [3.8, 4) is 22.4 Å². The number of thiazole rings is 1. The summed E-state index contributed by atoms with van der Waals surface area (Å²) in [4.78, 5) is 21.2. The molecule has 0 fully saturated rings. The second-order valence-corrected chi connectivity index (χ2v) is 7.46. The van der Waals surface area contributed by atoms with Crippen LogP contribution < -0.4 is 5.32 Å². The van der Waals surface area contributed by atoms with Gasteiger partial charge in [-0.15, -0.1) is 36.2 Å². The fourth-order valence-corrected chi connectivity index (χ4v) is 3.83. The molecule has 1 aromatic carbocycles. The van der Waals surface area contributed by atoms with Crippen molar-refractivity contribution in [2.24, 2.45) is 0 Å². The first-order chi connectivity index (χ1) is 14.2. The lowest BCUT2D eigenvalue weighted by Crippen LogP contribution is -2.11. The number of carbonyl (C=O) groups is 1. The van der Waals surface area contributed by atoms with Gasteiger partial charge in [-0.25, -0.2) is 9.97 Å². The minimum Gasteiger partial charge on any atom is -0.299 e. The van der Waals surface area contributed by atoms with Gasteiger partial charge in [-0.3, -0.25) is 19.6 Å². The zero-order valence-corrected chi connectivity index (χ0v) is 18.7. The van der Waals surface area contributed by atoms with E-state index in [2.05, 4.69) is 25.5 Å². The van der Waals surface area contributed by atoms with Crippen LogP contribution in [0.25, 0.3) is 28.0 Å². The Morgan fingerprint density at radius 1 is 1.03 bits per heavy atom. The minimum absolute atomic E-state index is 0. The van der Waals surface area contributed by atoms with E-state index >= 15 is 0 Å². The van der Waals surface area contributed by atoms with Crippen LogP contribution in [0.1, 0.15) is 16.1 Å². The Labute approximate surface area is 194 Å². The zero-order chi connectivity index (χ0) is 19.8. The Morgan fingerprint density at radius 3 is 2.48 bits per heavy atom. The molecule has 0 unspecified atom stereocenters. The van der Waals surface area contributed by atoms with E-state index in [-0.39, 0.29) is 30.7 Å². The molecule has 4 heterocycles. The Morgan fingerprint density at radius 2 is 1.81 bits per heavy atom. The molecule has 2 N–H and O–H groups in total. The average Bonchev–Trinajstić information content (AvgIpc) is 3.48. The second kappa shape index (κ2) is 9.30. The van der Waals surface area contributed by atoms with Crippen molar-refractivity contribution in [3.63, 3.8) is 0 Å². The van der Waals surface area contributed by atoms with Crippen molar-refractivity contribution < 1.29 is 4.79 Å². The first-order valence-corrected chi connectivity index (χ1v) is 9.85. The monoisotopic (exact) mass is 472 g/mol. The van der Waals surface area contributed by atoms with Gasteiger partial charge in [0.05, 0.1) is 23.8 Å². The van der Waals surface area contributed by atoms with Gasteiger partial charge < -0.3 is 0 Å². The van der Waals surface area contributed by atoms with Gasteiger partial charge in [-0.1, -0.05) is 12.1 Å². The van der Waals surface area contributed by atoms with Crippen molar-refractivity contribution in [2.75, 3.05) is 5.32 Å². The van der Waals surface area contributed by atoms with Crippen LogP contribution in [0.2, 0.25) is 0 Å². The number of rotatable bonds is 4. The Kier molecular flexibility index (Phi) is 6.74. The zero-order valence-electron chi connectivity index (χ0n) is 16.3. The fourth-order valence-electron chi connectivity index (χ4n) is 3.15. The molecule has 158 valence electrons. The number of anilines is 1. The summed E-state index contributed by atoms with van der Waals surface area (Å²) >= 11 is 1.41. The number of nitrogens with one attached hydrogen (secondary N) is 2. The predicted octanol–water partition coefficient (Wildman–Crippen LogP) is 5.25. The average molecular weight is 473 g/mol. The highest BCUT2D eigenvalue weighted by molar-refractivity contribution is 7.13. The lowest BCUT2D eigenvalue weighted by Gasteiger charge is -2.06. The number of aromatic amines is 1. The van der Waals surface area contributed by atoms with Crippen molar-refractivity contribution in [1.29, 1.82) is 0 Å². The van der Waals surface area contributed by atoms with Crippen molar-refractivity contribution in [3.05, 3.63) is 77.8 Å². The number of imidazole rings is 1. The van der Waals surface area contributed by atoms with Gasteiger partial charge >= 0.3 is 0 Å². The summed E-state index contributed by atoms with van der Waals surface area (Å²) in [5.74, 6) is -0.175. The van der Waals surface area contributed by atoms with Gasteiger partial charge in [0.1, 0.15) is 5.65 Å². The summed E-state index contributed by atoms with van der Waals surface area (Å²) < 4.78 is 2.04. The molecular formula is C21H18Cl2N6OS. The third-order valence-electron chi connectivity index (χ3n) is 4.62. The van der Waals surface area contributed by atoms with Crippen LogP contribution in [0.3, 0.4) is 0 Å². The van der Waals surface area contributed by atoms with Crippen molar-refractivity contribution >= 4 is 52.8 Å². The lowest BCUT2D eigenvalue weighted by molar-refractivity contribution is 0.102. The van der Waals surface area contributed by atoms with Gasteiger partial charge in [-0.05, 0) is 31.2 Å². The molecule has 0 radical (unpaired) electrons.